The highest BCUT2D eigenvalue weighted by molar-refractivity contribution is 7.22. The van der Waals surface area contributed by atoms with Crippen LogP contribution in [0.4, 0.5) is 15.2 Å². The normalized spacial score (nSPS) is 13.9. The van der Waals surface area contributed by atoms with Gasteiger partial charge in [-0.3, -0.25) is 18.7 Å². The SMILES string of the molecule is CCn1c(=O)c2sc(N3CCCC3)nc2n(CC(=O)Nc2ccc(C)c(F)c2)c1=O. The maximum Gasteiger partial charge on any atom is 0.333 e. The first-order chi connectivity index (χ1) is 14.4. The maximum absolute atomic E-state index is 13.8. The zero-order valence-electron chi connectivity index (χ0n) is 16.8. The Morgan fingerprint density at radius 2 is 1.97 bits per heavy atom. The van der Waals surface area contributed by atoms with E-state index >= 15 is 0 Å². The summed E-state index contributed by atoms with van der Waals surface area (Å²) in [6.07, 6.45) is 2.11. The molecule has 1 fully saturated rings. The van der Waals surface area contributed by atoms with Crippen molar-refractivity contribution >= 4 is 38.4 Å². The predicted octanol–water partition coefficient (Wildman–Crippen LogP) is 2.33. The molecule has 0 radical (unpaired) electrons. The Morgan fingerprint density at radius 1 is 1.23 bits per heavy atom. The Morgan fingerprint density at radius 3 is 2.63 bits per heavy atom. The molecule has 3 aromatic rings. The number of hydrogen-bond acceptors (Lipinski definition) is 6. The van der Waals surface area contributed by atoms with E-state index in [0.29, 0.717) is 21.1 Å². The number of amides is 1. The van der Waals surface area contributed by atoms with E-state index in [4.69, 9.17) is 0 Å². The second-order valence-corrected chi connectivity index (χ2v) is 8.25. The van der Waals surface area contributed by atoms with E-state index in [-0.39, 0.29) is 18.7 Å². The van der Waals surface area contributed by atoms with Gasteiger partial charge in [-0.1, -0.05) is 17.4 Å². The van der Waals surface area contributed by atoms with Crippen molar-refractivity contribution in [2.24, 2.45) is 0 Å². The third-order valence-electron chi connectivity index (χ3n) is 5.20. The average Bonchev–Trinajstić information content (AvgIpc) is 3.38. The standard InChI is InChI=1S/C20H22FN5O3S/c1-3-25-18(28)16-17(23-19(30-16)24-8-4-5-9-24)26(20(25)29)11-15(27)22-13-7-6-12(2)14(21)10-13/h6-7,10H,3-5,8-9,11H2,1-2H3,(H,22,27). The van der Waals surface area contributed by atoms with Gasteiger partial charge in [0.05, 0.1) is 0 Å². The summed E-state index contributed by atoms with van der Waals surface area (Å²) in [5, 5.41) is 3.29. The van der Waals surface area contributed by atoms with Gasteiger partial charge in [0.2, 0.25) is 5.91 Å². The summed E-state index contributed by atoms with van der Waals surface area (Å²) >= 11 is 1.25. The van der Waals surface area contributed by atoms with E-state index in [9.17, 15) is 18.8 Å². The summed E-state index contributed by atoms with van der Waals surface area (Å²) in [5.41, 5.74) is 0.00756. The predicted molar refractivity (Wildman–Crippen MR) is 115 cm³/mol. The van der Waals surface area contributed by atoms with Crippen LogP contribution in [-0.4, -0.2) is 33.1 Å². The minimum absolute atomic E-state index is 0.190. The molecule has 0 aliphatic carbocycles. The van der Waals surface area contributed by atoms with Gasteiger partial charge in [-0.25, -0.2) is 14.2 Å². The molecule has 10 heteroatoms. The molecular formula is C20H22FN5O3S. The Bertz CT molecular complexity index is 1240. The molecule has 1 N–H and O–H groups in total. The van der Waals surface area contributed by atoms with Crippen LogP contribution >= 0.6 is 11.3 Å². The molecule has 0 saturated carbocycles. The van der Waals surface area contributed by atoms with Gasteiger partial charge in [-0.15, -0.1) is 0 Å². The van der Waals surface area contributed by atoms with E-state index < -0.39 is 23.0 Å². The van der Waals surface area contributed by atoms with Crippen LogP contribution in [0.1, 0.15) is 25.3 Å². The molecule has 0 unspecified atom stereocenters. The van der Waals surface area contributed by atoms with Crippen LogP contribution in [0.3, 0.4) is 0 Å². The highest BCUT2D eigenvalue weighted by Gasteiger charge is 2.22. The Balaban J connectivity index is 1.72. The highest BCUT2D eigenvalue weighted by atomic mass is 32.1. The summed E-state index contributed by atoms with van der Waals surface area (Å²) in [7, 11) is 0. The lowest BCUT2D eigenvalue weighted by atomic mass is 10.2. The first kappa shape index (κ1) is 20.3. The van der Waals surface area contributed by atoms with Gasteiger partial charge in [-0.2, -0.15) is 0 Å². The number of halogens is 1. The first-order valence-corrected chi connectivity index (χ1v) is 10.7. The van der Waals surface area contributed by atoms with Crippen LogP contribution < -0.4 is 21.5 Å². The van der Waals surface area contributed by atoms with Crippen molar-refractivity contribution < 1.29 is 9.18 Å². The van der Waals surface area contributed by atoms with Crippen molar-refractivity contribution in [2.75, 3.05) is 23.3 Å². The second kappa shape index (κ2) is 8.02. The molecule has 0 spiro atoms. The number of nitrogens with zero attached hydrogens (tertiary/aromatic N) is 4. The van der Waals surface area contributed by atoms with Crippen LogP contribution in [0, 0.1) is 12.7 Å². The van der Waals surface area contributed by atoms with Gasteiger partial charge in [0.1, 0.15) is 17.1 Å². The Labute approximate surface area is 175 Å². The number of anilines is 2. The monoisotopic (exact) mass is 431 g/mol. The molecule has 1 aromatic carbocycles. The summed E-state index contributed by atoms with van der Waals surface area (Å²) < 4.78 is 16.4. The van der Waals surface area contributed by atoms with Crippen LogP contribution in [0.2, 0.25) is 0 Å². The van der Waals surface area contributed by atoms with Crippen LogP contribution in [0.15, 0.2) is 27.8 Å². The van der Waals surface area contributed by atoms with Gasteiger partial charge in [0.25, 0.3) is 5.56 Å². The number of carbonyl (C=O) groups excluding carboxylic acids is 1. The molecule has 2 aromatic heterocycles. The molecule has 1 aliphatic heterocycles. The van der Waals surface area contributed by atoms with Gasteiger partial charge in [0.15, 0.2) is 10.8 Å². The van der Waals surface area contributed by atoms with Crippen LogP contribution in [0.5, 0.6) is 0 Å². The fourth-order valence-electron chi connectivity index (χ4n) is 3.55. The van der Waals surface area contributed by atoms with Crippen molar-refractivity contribution in [3.05, 3.63) is 50.4 Å². The zero-order valence-corrected chi connectivity index (χ0v) is 17.6. The molecule has 3 heterocycles. The topological polar surface area (TPSA) is 89.2 Å². The molecule has 8 nitrogen and oxygen atoms in total. The second-order valence-electron chi connectivity index (χ2n) is 7.27. The molecule has 1 saturated heterocycles. The van der Waals surface area contributed by atoms with Crippen molar-refractivity contribution in [1.29, 1.82) is 0 Å². The number of hydrogen-bond donors (Lipinski definition) is 1. The quantitative estimate of drug-likeness (QED) is 0.670. The lowest BCUT2D eigenvalue weighted by molar-refractivity contribution is -0.116. The molecule has 1 aliphatic rings. The van der Waals surface area contributed by atoms with E-state index in [0.717, 1.165) is 30.5 Å². The molecule has 1 amide bonds. The smallest absolute Gasteiger partial charge is 0.333 e. The van der Waals surface area contributed by atoms with Gasteiger partial charge >= 0.3 is 5.69 Å². The fourth-order valence-corrected chi connectivity index (χ4v) is 4.62. The molecule has 4 rings (SSSR count). The number of nitrogens with one attached hydrogen (secondary N) is 1. The van der Waals surface area contributed by atoms with Gasteiger partial charge in [-0.05, 0) is 44.4 Å². The number of carbonyl (C=O) groups is 1. The average molecular weight is 431 g/mol. The summed E-state index contributed by atoms with van der Waals surface area (Å²) in [5.74, 6) is -0.930. The molecule has 0 bridgehead atoms. The number of aryl methyl sites for hydroxylation is 1. The third kappa shape index (κ3) is 3.62. The number of aromatic nitrogens is 3. The summed E-state index contributed by atoms with van der Waals surface area (Å²) in [6.45, 7) is 4.91. The van der Waals surface area contributed by atoms with Crippen molar-refractivity contribution in [1.82, 2.24) is 14.1 Å². The number of rotatable bonds is 5. The fraction of sp³-hybridized carbons (Fsp3) is 0.400. The largest absolute Gasteiger partial charge is 0.348 e. The Hall–Kier alpha value is -3.01. The van der Waals surface area contributed by atoms with Crippen molar-refractivity contribution in [3.63, 3.8) is 0 Å². The lowest BCUT2D eigenvalue weighted by Crippen LogP contribution is -2.41. The third-order valence-corrected chi connectivity index (χ3v) is 6.30. The summed E-state index contributed by atoms with van der Waals surface area (Å²) in [6, 6.07) is 4.39. The first-order valence-electron chi connectivity index (χ1n) is 9.84. The summed E-state index contributed by atoms with van der Waals surface area (Å²) in [4.78, 5) is 44.9. The number of benzene rings is 1. The minimum atomic E-state index is -0.585. The lowest BCUT2D eigenvalue weighted by Gasteiger charge is -2.12. The van der Waals surface area contributed by atoms with Crippen molar-refractivity contribution in [2.45, 2.75) is 39.8 Å². The maximum atomic E-state index is 13.8. The molecule has 30 heavy (non-hydrogen) atoms. The van der Waals surface area contributed by atoms with Crippen molar-refractivity contribution in [3.8, 4) is 0 Å². The van der Waals surface area contributed by atoms with Gasteiger partial charge < -0.3 is 10.2 Å². The van der Waals surface area contributed by atoms with E-state index in [2.05, 4.69) is 15.2 Å². The van der Waals surface area contributed by atoms with E-state index in [1.54, 1.807) is 26.0 Å². The molecule has 0 atom stereocenters. The number of thiazole rings is 1. The minimum Gasteiger partial charge on any atom is -0.348 e. The highest BCUT2D eigenvalue weighted by Crippen LogP contribution is 2.28. The van der Waals surface area contributed by atoms with E-state index in [1.165, 1.54) is 22.0 Å². The Kier molecular flexibility index (Phi) is 5.42. The number of fused-ring (bicyclic) bond motifs is 1. The molecule has 158 valence electrons. The van der Waals surface area contributed by atoms with Crippen LogP contribution in [-0.2, 0) is 17.9 Å². The van der Waals surface area contributed by atoms with Crippen LogP contribution in [0.25, 0.3) is 10.3 Å². The zero-order chi connectivity index (χ0) is 21.4. The van der Waals surface area contributed by atoms with Gasteiger partial charge in [0, 0.05) is 25.3 Å². The van der Waals surface area contributed by atoms with E-state index in [1.807, 2.05) is 0 Å². The molecular weight excluding hydrogens is 409 g/mol.